The third-order valence-corrected chi connectivity index (χ3v) is 2.89. The zero-order valence-electron chi connectivity index (χ0n) is 12.3. The molecule has 20 heavy (non-hydrogen) atoms. The Morgan fingerprint density at radius 2 is 1.85 bits per heavy atom. The number of hydrogen-bond acceptors (Lipinski definition) is 5. The number of esters is 2. The summed E-state index contributed by atoms with van der Waals surface area (Å²) in [5, 5.41) is 10.0. The highest BCUT2D eigenvalue weighted by Gasteiger charge is 2.24. The number of rotatable bonds is 5. The quantitative estimate of drug-likeness (QED) is 0.663. The van der Waals surface area contributed by atoms with Crippen molar-refractivity contribution < 1.29 is 24.2 Å². The zero-order chi connectivity index (χ0) is 15.3. The topological polar surface area (TPSA) is 72.8 Å². The number of ether oxygens (including phenoxy) is 2. The van der Waals surface area contributed by atoms with E-state index in [0.717, 1.165) is 0 Å². The summed E-state index contributed by atoms with van der Waals surface area (Å²) < 4.78 is 10.2. The number of phenolic OH excluding ortho intramolecular Hbond substituents is 1. The van der Waals surface area contributed by atoms with Crippen LogP contribution >= 0.6 is 0 Å². The number of aromatic hydroxyl groups is 1. The Balaban J connectivity index is 3.51. The van der Waals surface area contributed by atoms with Crippen LogP contribution in [-0.4, -0.2) is 23.7 Å². The van der Waals surface area contributed by atoms with Crippen molar-refractivity contribution >= 4 is 11.9 Å². The summed E-state index contributed by atoms with van der Waals surface area (Å²) in [7, 11) is 0. The molecule has 0 saturated heterocycles. The van der Waals surface area contributed by atoms with E-state index in [2.05, 4.69) is 0 Å². The lowest BCUT2D eigenvalue weighted by Gasteiger charge is -2.17. The molecule has 5 nitrogen and oxygen atoms in total. The molecule has 5 heteroatoms. The summed E-state index contributed by atoms with van der Waals surface area (Å²) in [5.41, 5.74) is 1.25. The van der Waals surface area contributed by atoms with Crippen LogP contribution in [0.2, 0.25) is 0 Å². The van der Waals surface area contributed by atoms with Gasteiger partial charge in [-0.2, -0.15) is 0 Å². The fraction of sp³-hybridized carbons (Fsp3) is 0.467. The van der Waals surface area contributed by atoms with Crippen molar-refractivity contribution in [1.82, 2.24) is 0 Å². The normalized spacial score (nSPS) is 10.2. The van der Waals surface area contributed by atoms with Gasteiger partial charge in [0.15, 0.2) is 0 Å². The van der Waals surface area contributed by atoms with Crippen molar-refractivity contribution in [2.24, 2.45) is 0 Å². The molecule has 0 aromatic heterocycles. The molecule has 0 aliphatic rings. The summed E-state index contributed by atoms with van der Waals surface area (Å²) in [6.45, 7) is 6.90. The second-order valence-electron chi connectivity index (χ2n) is 4.26. The fourth-order valence-electron chi connectivity index (χ4n) is 2.07. The van der Waals surface area contributed by atoms with E-state index in [1.807, 2.05) is 13.8 Å². The van der Waals surface area contributed by atoms with Gasteiger partial charge in [-0.3, -0.25) is 4.79 Å². The maximum atomic E-state index is 12.0. The van der Waals surface area contributed by atoms with Gasteiger partial charge < -0.3 is 14.6 Å². The van der Waals surface area contributed by atoms with Crippen LogP contribution < -0.4 is 4.74 Å². The molecule has 0 bridgehead atoms. The van der Waals surface area contributed by atoms with Gasteiger partial charge in [0.1, 0.15) is 17.1 Å². The number of benzene rings is 1. The molecule has 0 aliphatic carbocycles. The Morgan fingerprint density at radius 1 is 1.20 bits per heavy atom. The largest absolute Gasteiger partial charge is 0.507 e. The Hall–Kier alpha value is -2.04. The molecular weight excluding hydrogens is 260 g/mol. The average molecular weight is 280 g/mol. The number of carbonyl (C=O) groups is 2. The third kappa shape index (κ3) is 3.29. The van der Waals surface area contributed by atoms with E-state index in [-0.39, 0.29) is 17.9 Å². The maximum absolute atomic E-state index is 12.0. The number of aryl methyl sites for hydroxylation is 1. The smallest absolute Gasteiger partial charge is 0.342 e. The predicted molar refractivity (Wildman–Crippen MR) is 74.1 cm³/mol. The Labute approximate surface area is 118 Å². The van der Waals surface area contributed by atoms with Crippen LogP contribution in [0.25, 0.3) is 0 Å². The van der Waals surface area contributed by atoms with E-state index in [0.29, 0.717) is 29.7 Å². The standard InChI is InChI=1S/C15H20O5/c1-5-10-8-12(17)13(15(18)19-7-3)11(6-2)14(10)20-9(4)16/h8,17H,5-7H2,1-4H3. The highest BCUT2D eigenvalue weighted by Crippen LogP contribution is 2.35. The molecule has 110 valence electrons. The molecule has 1 aromatic carbocycles. The van der Waals surface area contributed by atoms with Gasteiger partial charge in [0.05, 0.1) is 6.61 Å². The van der Waals surface area contributed by atoms with E-state index in [9.17, 15) is 14.7 Å². The van der Waals surface area contributed by atoms with Gasteiger partial charge in [-0.1, -0.05) is 13.8 Å². The van der Waals surface area contributed by atoms with Crippen LogP contribution in [0.4, 0.5) is 0 Å². The highest BCUT2D eigenvalue weighted by molar-refractivity contribution is 5.95. The first-order valence-electron chi connectivity index (χ1n) is 6.69. The molecule has 1 rings (SSSR count). The second kappa shape index (κ2) is 6.93. The van der Waals surface area contributed by atoms with Crippen molar-refractivity contribution in [3.05, 3.63) is 22.8 Å². The molecule has 0 amide bonds. The average Bonchev–Trinajstić information content (AvgIpc) is 2.39. The van der Waals surface area contributed by atoms with Crippen molar-refractivity contribution in [3.63, 3.8) is 0 Å². The van der Waals surface area contributed by atoms with Crippen LogP contribution in [0.3, 0.4) is 0 Å². The molecular formula is C15H20O5. The van der Waals surface area contributed by atoms with Gasteiger partial charge in [-0.05, 0) is 31.4 Å². The number of hydrogen-bond donors (Lipinski definition) is 1. The summed E-state index contributed by atoms with van der Waals surface area (Å²) in [6.07, 6.45) is 1.02. The van der Waals surface area contributed by atoms with Crippen LogP contribution in [0.15, 0.2) is 6.07 Å². The molecule has 0 heterocycles. The lowest BCUT2D eigenvalue weighted by atomic mass is 9.97. The molecule has 1 N–H and O–H groups in total. The Bertz CT molecular complexity index is 519. The van der Waals surface area contributed by atoms with Crippen LogP contribution in [-0.2, 0) is 22.4 Å². The van der Waals surface area contributed by atoms with Crippen LogP contribution in [0, 0.1) is 0 Å². The third-order valence-electron chi connectivity index (χ3n) is 2.89. The molecule has 0 fully saturated rings. The van der Waals surface area contributed by atoms with Crippen molar-refractivity contribution in [2.75, 3.05) is 6.61 Å². The summed E-state index contributed by atoms with van der Waals surface area (Å²) >= 11 is 0. The minimum atomic E-state index is -0.613. The number of phenols is 1. The number of carbonyl (C=O) groups excluding carboxylic acids is 2. The first-order chi connectivity index (χ1) is 9.46. The Kier molecular flexibility index (Phi) is 5.55. The van der Waals surface area contributed by atoms with Crippen molar-refractivity contribution in [3.8, 4) is 11.5 Å². The first kappa shape index (κ1) is 16.0. The molecule has 0 aliphatic heterocycles. The lowest BCUT2D eigenvalue weighted by Crippen LogP contribution is -2.13. The van der Waals surface area contributed by atoms with Crippen molar-refractivity contribution in [1.29, 1.82) is 0 Å². The van der Waals surface area contributed by atoms with Crippen LogP contribution in [0.1, 0.15) is 49.2 Å². The van der Waals surface area contributed by atoms with Gasteiger partial charge >= 0.3 is 11.9 Å². The van der Waals surface area contributed by atoms with E-state index >= 15 is 0 Å². The summed E-state index contributed by atoms with van der Waals surface area (Å²) in [4.78, 5) is 23.2. The zero-order valence-corrected chi connectivity index (χ0v) is 12.3. The predicted octanol–water partition coefficient (Wildman–Crippen LogP) is 2.62. The van der Waals surface area contributed by atoms with Gasteiger partial charge in [-0.15, -0.1) is 0 Å². The monoisotopic (exact) mass is 280 g/mol. The van der Waals surface area contributed by atoms with Crippen LogP contribution in [0.5, 0.6) is 11.5 Å². The minimum absolute atomic E-state index is 0.0720. The van der Waals surface area contributed by atoms with E-state index in [1.54, 1.807) is 6.92 Å². The van der Waals surface area contributed by atoms with Gasteiger partial charge in [0.25, 0.3) is 0 Å². The van der Waals surface area contributed by atoms with E-state index in [4.69, 9.17) is 9.47 Å². The second-order valence-corrected chi connectivity index (χ2v) is 4.26. The maximum Gasteiger partial charge on any atom is 0.342 e. The Morgan fingerprint density at radius 3 is 2.30 bits per heavy atom. The van der Waals surface area contributed by atoms with E-state index < -0.39 is 11.9 Å². The molecule has 0 spiro atoms. The van der Waals surface area contributed by atoms with Gasteiger partial charge in [0, 0.05) is 12.5 Å². The minimum Gasteiger partial charge on any atom is -0.507 e. The first-order valence-corrected chi connectivity index (χ1v) is 6.69. The fourth-order valence-corrected chi connectivity index (χ4v) is 2.07. The molecule has 1 aromatic rings. The van der Waals surface area contributed by atoms with Gasteiger partial charge in [-0.25, -0.2) is 4.79 Å². The SMILES string of the molecule is CCOC(=O)c1c(O)cc(CC)c(OC(C)=O)c1CC. The molecule has 0 unspecified atom stereocenters. The molecule has 0 radical (unpaired) electrons. The molecule has 0 atom stereocenters. The van der Waals surface area contributed by atoms with E-state index in [1.165, 1.54) is 13.0 Å². The summed E-state index contributed by atoms with van der Waals surface area (Å²) in [5.74, 6) is -0.871. The summed E-state index contributed by atoms with van der Waals surface area (Å²) in [6, 6.07) is 1.45. The lowest BCUT2D eigenvalue weighted by molar-refractivity contribution is -0.132. The van der Waals surface area contributed by atoms with Gasteiger partial charge in [0.2, 0.25) is 0 Å². The van der Waals surface area contributed by atoms with Crippen molar-refractivity contribution in [2.45, 2.75) is 40.5 Å². The highest BCUT2D eigenvalue weighted by atomic mass is 16.5. The molecule has 0 saturated carbocycles.